The first-order valence-corrected chi connectivity index (χ1v) is 9.16. The van der Waals surface area contributed by atoms with E-state index in [0.717, 1.165) is 32.5 Å². The molecule has 0 bridgehead atoms. The monoisotopic (exact) mass is 305 g/mol. The molecule has 2 heterocycles. The van der Waals surface area contributed by atoms with Crippen LogP contribution in [0.25, 0.3) is 0 Å². The van der Waals surface area contributed by atoms with E-state index in [9.17, 15) is 4.79 Å². The maximum absolute atomic E-state index is 12.4. The second-order valence-electron chi connectivity index (χ2n) is 7.34. The summed E-state index contributed by atoms with van der Waals surface area (Å²) in [4.78, 5) is 17.0. The zero-order valence-corrected chi connectivity index (χ0v) is 14.0. The fourth-order valence-electron chi connectivity index (χ4n) is 4.25. The Balaban J connectivity index is 1.37. The Kier molecular flexibility index (Phi) is 5.40. The van der Waals surface area contributed by atoms with Crippen molar-refractivity contribution in [3.05, 3.63) is 12.2 Å². The van der Waals surface area contributed by atoms with Crippen LogP contribution in [0.2, 0.25) is 0 Å². The first-order chi connectivity index (χ1) is 10.8. The van der Waals surface area contributed by atoms with Gasteiger partial charge in [0.2, 0.25) is 0 Å². The molecule has 0 saturated carbocycles. The quantitative estimate of drug-likeness (QED) is 0.811. The Morgan fingerprint density at radius 1 is 1.14 bits per heavy atom. The standard InChI is InChI=1S/C18H31N3O/c1-2-9-20-10-7-15(8-11-20)12-19-18(22)21-13-16-5-3-4-6-17(16)14-21/h3-4,15-17H,2,5-14H2,1H3,(H,19,22)/t16-,17-/m0/s1. The summed E-state index contributed by atoms with van der Waals surface area (Å²) in [6.45, 7) is 8.65. The van der Waals surface area contributed by atoms with Crippen molar-refractivity contribution in [1.29, 1.82) is 0 Å². The van der Waals surface area contributed by atoms with E-state index >= 15 is 0 Å². The molecule has 22 heavy (non-hydrogen) atoms. The number of nitrogens with zero attached hydrogens (tertiary/aromatic N) is 2. The molecular formula is C18H31N3O. The number of rotatable bonds is 4. The Morgan fingerprint density at radius 2 is 1.77 bits per heavy atom. The second-order valence-corrected chi connectivity index (χ2v) is 7.34. The van der Waals surface area contributed by atoms with Crippen LogP contribution >= 0.6 is 0 Å². The second kappa shape index (κ2) is 7.49. The first-order valence-electron chi connectivity index (χ1n) is 9.16. The van der Waals surface area contributed by atoms with E-state index < -0.39 is 0 Å². The number of amides is 2. The average Bonchev–Trinajstić information content (AvgIpc) is 2.98. The summed E-state index contributed by atoms with van der Waals surface area (Å²) in [5, 5.41) is 3.20. The highest BCUT2D eigenvalue weighted by Gasteiger charge is 2.35. The van der Waals surface area contributed by atoms with Gasteiger partial charge in [0.05, 0.1) is 0 Å². The molecule has 2 saturated heterocycles. The van der Waals surface area contributed by atoms with Gasteiger partial charge in [-0.2, -0.15) is 0 Å². The molecule has 1 aliphatic carbocycles. The van der Waals surface area contributed by atoms with Crippen molar-refractivity contribution >= 4 is 6.03 Å². The highest BCUT2D eigenvalue weighted by molar-refractivity contribution is 5.74. The number of piperidine rings is 1. The van der Waals surface area contributed by atoms with E-state index in [1.54, 1.807) is 0 Å². The number of urea groups is 1. The van der Waals surface area contributed by atoms with Crippen LogP contribution in [-0.2, 0) is 0 Å². The predicted molar refractivity (Wildman–Crippen MR) is 89.8 cm³/mol. The minimum atomic E-state index is 0.172. The first kappa shape index (κ1) is 15.9. The Labute approximate surface area is 134 Å². The van der Waals surface area contributed by atoms with Gasteiger partial charge in [-0.15, -0.1) is 0 Å². The molecule has 0 aromatic carbocycles. The molecule has 0 radical (unpaired) electrons. The van der Waals surface area contributed by atoms with Crippen LogP contribution in [0.1, 0.15) is 39.0 Å². The minimum Gasteiger partial charge on any atom is -0.338 e. The van der Waals surface area contributed by atoms with Crippen molar-refractivity contribution in [2.24, 2.45) is 17.8 Å². The van der Waals surface area contributed by atoms with Crippen molar-refractivity contribution in [2.45, 2.75) is 39.0 Å². The zero-order chi connectivity index (χ0) is 15.4. The summed E-state index contributed by atoms with van der Waals surface area (Å²) in [6.07, 6.45) is 10.6. The molecule has 2 aliphatic heterocycles. The number of likely N-dealkylation sites (tertiary alicyclic amines) is 2. The lowest BCUT2D eigenvalue weighted by molar-refractivity contribution is 0.175. The Hall–Kier alpha value is -1.03. The summed E-state index contributed by atoms with van der Waals surface area (Å²) in [5.41, 5.74) is 0. The van der Waals surface area contributed by atoms with E-state index in [-0.39, 0.29) is 6.03 Å². The maximum atomic E-state index is 12.4. The largest absolute Gasteiger partial charge is 0.338 e. The lowest BCUT2D eigenvalue weighted by Gasteiger charge is -2.32. The van der Waals surface area contributed by atoms with Crippen LogP contribution in [0.5, 0.6) is 0 Å². The van der Waals surface area contributed by atoms with Crippen molar-refractivity contribution in [2.75, 3.05) is 39.3 Å². The van der Waals surface area contributed by atoms with Gasteiger partial charge in [0, 0.05) is 19.6 Å². The van der Waals surface area contributed by atoms with E-state index in [4.69, 9.17) is 0 Å². The van der Waals surface area contributed by atoms with Crippen molar-refractivity contribution in [3.8, 4) is 0 Å². The summed E-state index contributed by atoms with van der Waals surface area (Å²) < 4.78 is 0. The molecule has 4 nitrogen and oxygen atoms in total. The molecule has 2 fully saturated rings. The van der Waals surface area contributed by atoms with E-state index in [1.807, 2.05) is 0 Å². The van der Waals surface area contributed by atoms with E-state index in [2.05, 4.69) is 34.2 Å². The fourth-order valence-corrected chi connectivity index (χ4v) is 4.25. The maximum Gasteiger partial charge on any atom is 0.317 e. The van der Waals surface area contributed by atoms with Crippen LogP contribution in [0, 0.1) is 17.8 Å². The van der Waals surface area contributed by atoms with Gasteiger partial charge in [-0.25, -0.2) is 4.79 Å². The number of carbonyl (C=O) groups excluding carboxylic acids is 1. The predicted octanol–water partition coefficient (Wildman–Crippen LogP) is 2.72. The van der Waals surface area contributed by atoms with E-state index in [1.165, 1.54) is 38.9 Å². The van der Waals surface area contributed by atoms with Crippen LogP contribution < -0.4 is 5.32 Å². The number of hydrogen-bond donors (Lipinski definition) is 1. The molecule has 3 aliphatic rings. The van der Waals surface area contributed by atoms with Gasteiger partial charge in [0.25, 0.3) is 0 Å². The Morgan fingerprint density at radius 3 is 2.36 bits per heavy atom. The number of fused-ring (bicyclic) bond motifs is 1. The topological polar surface area (TPSA) is 35.6 Å². The van der Waals surface area contributed by atoms with Gasteiger partial charge in [0.15, 0.2) is 0 Å². The third-order valence-corrected chi connectivity index (χ3v) is 5.70. The molecular weight excluding hydrogens is 274 g/mol. The molecule has 1 N–H and O–H groups in total. The molecule has 2 atom stereocenters. The van der Waals surface area contributed by atoms with Gasteiger partial charge < -0.3 is 15.1 Å². The van der Waals surface area contributed by atoms with Crippen molar-refractivity contribution in [1.82, 2.24) is 15.1 Å². The Bertz CT molecular complexity index is 385. The molecule has 3 rings (SSSR count). The third-order valence-electron chi connectivity index (χ3n) is 5.70. The lowest BCUT2D eigenvalue weighted by Crippen LogP contribution is -2.43. The summed E-state index contributed by atoms with van der Waals surface area (Å²) in [6, 6.07) is 0.172. The molecule has 2 amide bonds. The molecule has 0 aromatic heterocycles. The average molecular weight is 305 g/mol. The van der Waals surface area contributed by atoms with Gasteiger partial charge in [-0.1, -0.05) is 19.1 Å². The number of allylic oxidation sites excluding steroid dienone is 2. The summed E-state index contributed by atoms with van der Waals surface area (Å²) in [7, 11) is 0. The van der Waals surface area contributed by atoms with Gasteiger partial charge >= 0.3 is 6.03 Å². The number of nitrogens with one attached hydrogen (secondary N) is 1. The normalized spacial score (nSPS) is 29.6. The molecule has 124 valence electrons. The smallest absolute Gasteiger partial charge is 0.317 e. The van der Waals surface area contributed by atoms with Gasteiger partial charge in [-0.05, 0) is 69.5 Å². The van der Waals surface area contributed by atoms with E-state index in [0.29, 0.717) is 17.8 Å². The highest BCUT2D eigenvalue weighted by Crippen LogP contribution is 2.32. The SMILES string of the molecule is CCCN1CCC(CNC(=O)N2C[C@@H]3CC=CC[C@H]3C2)CC1. The van der Waals surface area contributed by atoms with Gasteiger partial charge in [-0.3, -0.25) is 0 Å². The fraction of sp³-hybridized carbons (Fsp3) is 0.833. The van der Waals surface area contributed by atoms with Crippen LogP contribution in [0.15, 0.2) is 12.2 Å². The van der Waals surface area contributed by atoms with Crippen molar-refractivity contribution in [3.63, 3.8) is 0 Å². The van der Waals surface area contributed by atoms with Gasteiger partial charge in [0.1, 0.15) is 0 Å². The number of carbonyl (C=O) groups is 1. The third kappa shape index (κ3) is 3.83. The summed E-state index contributed by atoms with van der Waals surface area (Å²) >= 11 is 0. The van der Waals surface area contributed by atoms with Crippen molar-refractivity contribution < 1.29 is 4.79 Å². The number of hydrogen-bond acceptors (Lipinski definition) is 2. The lowest BCUT2D eigenvalue weighted by atomic mass is 9.86. The summed E-state index contributed by atoms with van der Waals surface area (Å²) in [5.74, 6) is 2.07. The zero-order valence-electron chi connectivity index (χ0n) is 14.0. The van der Waals surface area contributed by atoms with Crippen LogP contribution in [-0.4, -0.2) is 55.1 Å². The van der Waals surface area contributed by atoms with Crippen LogP contribution in [0.4, 0.5) is 4.79 Å². The highest BCUT2D eigenvalue weighted by atomic mass is 16.2. The minimum absolute atomic E-state index is 0.172. The molecule has 0 aromatic rings. The molecule has 0 unspecified atom stereocenters. The van der Waals surface area contributed by atoms with Crippen LogP contribution in [0.3, 0.4) is 0 Å². The molecule has 4 heteroatoms. The molecule has 0 spiro atoms.